The third kappa shape index (κ3) is 2.12. The maximum Gasteiger partial charge on any atom is 0.147 e. The maximum absolute atomic E-state index is 4.37. The van der Waals surface area contributed by atoms with Crippen LogP contribution in [-0.2, 0) is 6.54 Å². The molecule has 2 rings (SSSR count). The Labute approximate surface area is 84.7 Å². The Kier molecular flexibility index (Phi) is 2.82. The van der Waals surface area contributed by atoms with Crippen molar-refractivity contribution in [1.82, 2.24) is 20.1 Å². The third-order valence-corrected chi connectivity index (χ3v) is 2.77. The van der Waals surface area contributed by atoms with Gasteiger partial charge in [-0.25, -0.2) is 9.67 Å². The molecule has 78 valence electrons. The van der Waals surface area contributed by atoms with Crippen molar-refractivity contribution >= 4 is 0 Å². The van der Waals surface area contributed by atoms with E-state index in [1.165, 1.54) is 19.3 Å². The normalized spacial score (nSPS) is 22.6. The van der Waals surface area contributed by atoms with Gasteiger partial charge in [0.2, 0.25) is 0 Å². The van der Waals surface area contributed by atoms with Crippen LogP contribution in [0.4, 0.5) is 0 Å². The molecule has 1 saturated heterocycles. The fourth-order valence-electron chi connectivity index (χ4n) is 2.02. The molecule has 4 nitrogen and oxygen atoms in total. The van der Waals surface area contributed by atoms with Crippen LogP contribution in [0.1, 0.15) is 30.9 Å². The van der Waals surface area contributed by atoms with E-state index in [0.29, 0.717) is 6.04 Å². The summed E-state index contributed by atoms with van der Waals surface area (Å²) in [5.41, 5.74) is 0. The largest absolute Gasteiger partial charge is 0.312 e. The summed E-state index contributed by atoms with van der Waals surface area (Å²) < 4.78 is 2.01. The van der Waals surface area contributed by atoms with Gasteiger partial charge in [0.15, 0.2) is 0 Å². The zero-order chi connectivity index (χ0) is 9.97. The van der Waals surface area contributed by atoms with E-state index < -0.39 is 0 Å². The second-order valence-electron chi connectivity index (χ2n) is 4.04. The summed E-state index contributed by atoms with van der Waals surface area (Å²) in [5.74, 6) is 1.90. The summed E-state index contributed by atoms with van der Waals surface area (Å²) in [4.78, 5) is 4.30. The number of piperidine rings is 1. The van der Waals surface area contributed by atoms with Crippen molar-refractivity contribution in [1.29, 1.82) is 0 Å². The highest BCUT2D eigenvalue weighted by molar-refractivity contribution is 4.89. The molecule has 1 aliphatic heterocycles. The Morgan fingerprint density at radius 3 is 2.86 bits per heavy atom. The van der Waals surface area contributed by atoms with E-state index in [4.69, 9.17) is 0 Å². The van der Waals surface area contributed by atoms with Crippen LogP contribution in [0.2, 0.25) is 0 Å². The first-order valence-electron chi connectivity index (χ1n) is 5.37. The first-order chi connectivity index (χ1) is 6.75. The maximum atomic E-state index is 4.37. The third-order valence-electron chi connectivity index (χ3n) is 2.77. The fourth-order valence-corrected chi connectivity index (χ4v) is 2.02. The molecule has 1 N–H and O–H groups in total. The molecule has 0 radical (unpaired) electrons. The molecule has 1 aliphatic rings. The molecule has 1 aromatic heterocycles. The first-order valence-corrected chi connectivity index (χ1v) is 5.37. The van der Waals surface area contributed by atoms with Crippen molar-refractivity contribution in [3.05, 3.63) is 11.6 Å². The molecule has 0 spiro atoms. The van der Waals surface area contributed by atoms with E-state index in [9.17, 15) is 0 Å². The molecule has 14 heavy (non-hydrogen) atoms. The van der Waals surface area contributed by atoms with Gasteiger partial charge in [-0.3, -0.25) is 0 Å². The van der Waals surface area contributed by atoms with E-state index in [2.05, 4.69) is 15.4 Å². The van der Waals surface area contributed by atoms with Gasteiger partial charge in [0.1, 0.15) is 11.6 Å². The number of hydrogen-bond donors (Lipinski definition) is 1. The summed E-state index contributed by atoms with van der Waals surface area (Å²) in [6.45, 7) is 6.07. The van der Waals surface area contributed by atoms with Crippen molar-refractivity contribution in [2.75, 3.05) is 6.54 Å². The molecule has 0 aromatic carbocycles. The number of nitrogens with one attached hydrogen (secondary N) is 1. The van der Waals surface area contributed by atoms with Gasteiger partial charge in [-0.1, -0.05) is 6.42 Å². The lowest BCUT2D eigenvalue weighted by atomic mass is 10.1. The first kappa shape index (κ1) is 9.65. The molecular weight excluding hydrogens is 176 g/mol. The van der Waals surface area contributed by atoms with Crippen LogP contribution in [0, 0.1) is 13.8 Å². The standard InChI is InChI=1S/C10H18N4/c1-8-12-9(2)14(13-8)7-10-5-3-4-6-11-10/h10-11H,3-7H2,1-2H3/t10-/m0/s1. The van der Waals surface area contributed by atoms with Gasteiger partial charge in [0.05, 0.1) is 6.54 Å². The highest BCUT2D eigenvalue weighted by Gasteiger charge is 2.14. The quantitative estimate of drug-likeness (QED) is 0.765. The predicted octanol–water partition coefficient (Wildman–Crippen LogP) is 1.04. The number of rotatable bonds is 2. The molecule has 1 aromatic rings. The summed E-state index contributed by atoms with van der Waals surface area (Å²) >= 11 is 0. The Hall–Kier alpha value is -0.900. The van der Waals surface area contributed by atoms with Gasteiger partial charge in [-0.15, -0.1) is 0 Å². The lowest BCUT2D eigenvalue weighted by Gasteiger charge is -2.23. The summed E-state index contributed by atoms with van der Waals surface area (Å²) in [6.07, 6.45) is 3.91. The smallest absolute Gasteiger partial charge is 0.147 e. The molecule has 0 bridgehead atoms. The van der Waals surface area contributed by atoms with Crippen molar-refractivity contribution < 1.29 is 0 Å². The summed E-state index contributed by atoms with van der Waals surface area (Å²) in [5, 5.41) is 7.89. The van der Waals surface area contributed by atoms with Crippen molar-refractivity contribution in [3.8, 4) is 0 Å². The lowest BCUT2D eigenvalue weighted by Crippen LogP contribution is -2.37. The highest BCUT2D eigenvalue weighted by atomic mass is 15.3. The van der Waals surface area contributed by atoms with Crippen molar-refractivity contribution in [2.24, 2.45) is 0 Å². The van der Waals surface area contributed by atoms with Crippen LogP contribution in [0.25, 0.3) is 0 Å². The van der Waals surface area contributed by atoms with E-state index in [-0.39, 0.29) is 0 Å². The fraction of sp³-hybridized carbons (Fsp3) is 0.800. The van der Waals surface area contributed by atoms with E-state index in [1.54, 1.807) is 0 Å². The van der Waals surface area contributed by atoms with Gasteiger partial charge in [0, 0.05) is 6.04 Å². The van der Waals surface area contributed by atoms with E-state index in [1.807, 2.05) is 18.5 Å². The molecule has 0 amide bonds. The topological polar surface area (TPSA) is 42.7 Å². The van der Waals surface area contributed by atoms with E-state index in [0.717, 1.165) is 24.7 Å². The van der Waals surface area contributed by atoms with E-state index >= 15 is 0 Å². The van der Waals surface area contributed by atoms with Gasteiger partial charge in [-0.2, -0.15) is 5.10 Å². The highest BCUT2D eigenvalue weighted by Crippen LogP contribution is 2.09. The minimum atomic E-state index is 0.587. The minimum absolute atomic E-state index is 0.587. The van der Waals surface area contributed by atoms with Crippen molar-refractivity contribution in [2.45, 2.75) is 45.7 Å². The van der Waals surface area contributed by atoms with Crippen LogP contribution >= 0.6 is 0 Å². The molecule has 1 atom stereocenters. The molecule has 2 heterocycles. The summed E-state index contributed by atoms with van der Waals surface area (Å²) in [6, 6.07) is 0.587. The Bertz CT molecular complexity index is 299. The molecule has 0 unspecified atom stereocenters. The van der Waals surface area contributed by atoms with Crippen LogP contribution in [-0.4, -0.2) is 27.4 Å². The zero-order valence-corrected chi connectivity index (χ0v) is 8.95. The van der Waals surface area contributed by atoms with Gasteiger partial charge < -0.3 is 5.32 Å². The average Bonchev–Trinajstić information content (AvgIpc) is 2.47. The summed E-state index contributed by atoms with van der Waals surface area (Å²) in [7, 11) is 0. The molecule has 0 saturated carbocycles. The SMILES string of the molecule is Cc1nc(C)n(C[C@@H]2CCCCN2)n1. The van der Waals surface area contributed by atoms with Gasteiger partial charge >= 0.3 is 0 Å². The monoisotopic (exact) mass is 194 g/mol. The molecule has 1 fully saturated rings. The second kappa shape index (κ2) is 4.09. The van der Waals surface area contributed by atoms with Crippen LogP contribution in [0.15, 0.2) is 0 Å². The number of aryl methyl sites for hydroxylation is 2. The molecular formula is C10H18N4. The number of aromatic nitrogens is 3. The number of nitrogens with zero attached hydrogens (tertiary/aromatic N) is 3. The lowest BCUT2D eigenvalue weighted by molar-refractivity contribution is 0.347. The van der Waals surface area contributed by atoms with Gasteiger partial charge in [-0.05, 0) is 33.2 Å². The second-order valence-corrected chi connectivity index (χ2v) is 4.04. The zero-order valence-electron chi connectivity index (χ0n) is 8.95. The Morgan fingerprint density at radius 1 is 1.43 bits per heavy atom. The predicted molar refractivity (Wildman–Crippen MR) is 55.1 cm³/mol. The number of hydrogen-bond acceptors (Lipinski definition) is 3. The molecule has 4 heteroatoms. The Balaban J connectivity index is 1.98. The van der Waals surface area contributed by atoms with Gasteiger partial charge in [0.25, 0.3) is 0 Å². The van der Waals surface area contributed by atoms with Crippen LogP contribution in [0.3, 0.4) is 0 Å². The van der Waals surface area contributed by atoms with Crippen molar-refractivity contribution in [3.63, 3.8) is 0 Å². The molecule has 0 aliphatic carbocycles. The van der Waals surface area contributed by atoms with Crippen LogP contribution in [0.5, 0.6) is 0 Å². The van der Waals surface area contributed by atoms with Crippen LogP contribution < -0.4 is 5.32 Å². The minimum Gasteiger partial charge on any atom is -0.312 e. The average molecular weight is 194 g/mol. The Morgan fingerprint density at radius 2 is 2.29 bits per heavy atom.